The number of amides is 2. The van der Waals surface area contributed by atoms with Crippen LogP contribution in [-0.2, 0) is 9.59 Å². The molecule has 1 aliphatic heterocycles. The molecule has 0 radical (unpaired) electrons. The minimum Gasteiger partial charge on any atom is -0.344 e. The summed E-state index contributed by atoms with van der Waals surface area (Å²) in [4.78, 5) is 24.8. The maximum atomic E-state index is 11.8. The van der Waals surface area contributed by atoms with E-state index in [2.05, 4.69) is 5.32 Å². The molecule has 2 atom stereocenters. The zero-order valence-electron chi connectivity index (χ0n) is 9.04. The van der Waals surface area contributed by atoms with Crippen LogP contribution in [0.1, 0.15) is 33.1 Å². The lowest BCUT2D eigenvalue weighted by atomic mass is 10.1. The van der Waals surface area contributed by atoms with E-state index in [4.69, 9.17) is 0 Å². The molecule has 1 saturated heterocycles. The predicted molar refractivity (Wildman–Crippen MR) is 53.7 cm³/mol. The highest BCUT2D eigenvalue weighted by molar-refractivity contribution is 5.90. The second-order valence-corrected chi connectivity index (χ2v) is 3.91. The number of nitrogens with one attached hydrogen (secondary N) is 1. The quantitative estimate of drug-likeness (QED) is 0.703. The summed E-state index contributed by atoms with van der Waals surface area (Å²) in [6.45, 7) is 3.90. The fraction of sp³-hybridized carbons (Fsp3) is 0.800. The van der Waals surface area contributed by atoms with Crippen LogP contribution in [0.15, 0.2) is 0 Å². The van der Waals surface area contributed by atoms with Gasteiger partial charge in [0.1, 0.15) is 6.04 Å². The Bertz CT molecular complexity index is 240. The Morgan fingerprint density at radius 3 is 2.71 bits per heavy atom. The van der Waals surface area contributed by atoms with Crippen molar-refractivity contribution in [3.05, 3.63) is 0 Å². The molecule has 1 N–H and O–H groups in total. The summed E-state index contributed by atoms with van der Waals surface area (Å²) in [6.07, 6.45) is 2.03. The SMILES string of the molecule is CCCC1NC(=O)CC(C)N(C)C1=O. The number of carbonyl (C=O) groups is 2. The van der Waals surface area contributed by atoms with Gasteiger partial charge < -0.3 is 10.2 Å². The molecular formula is C10H18N2O2. The van der Waals surface area contributed by atoms with Crippen LogP contribution in [-0.4, -0.2) is 35.8 Å². The fourth-order valence-electron chi connectivity index (χ4n) is 1.67. The number of carbonyl (C=O) groups excluding carboxylic acids is 2. The van der Waals surface area contributed by atoms with Crippen molar-refractivity contribution < 1.29 is 9.59 Å². The first-order chi connectivity index (χ1) is 6.56. The number of nitrogens with zero attached hydrogens (tertiary/aromatic N) is 1. The van der Waals surface area contributed by atoms with Crippen LogP contribution in [0.25, 0.3) is 0 Å². The molecule has 1 rings (SSSR count). The molecule has 1 aliphatic rings. The molecule has 0 saturated carbocycles. The van der Waals surface area contributed by atoms with Crippen LogP contribution in [0.2, 0.25) is 0 Å². The first-order valence-corrected chi connectivity index (χ1v) is 5.12. The highest BCUT2D eigenvalue weighted by Crippen LogP contribution is 2.11. The third-order valence-electron chi connectivity index (χ3n) is 2.70. The Balaban J connectivity index is 2.77. The van der Waals surface area contributed by atoms with Gasteiger partial charge in [0.25, 0.3) is 0 Å². The molecule has 0 aromatic rings. The summed E-state index contributed by atoms with van der Waals surface area (Å²) in [5.74, 6) is 0.0128. The van der Waals surface area contributed by atoms with E-state index in [1.807, 2.05) is 13.8 Å². The highest BCUT2D eigenvalue weighted by atomic mass is 16.2. The standard InChI is InChI=1S/C10H18N2O2/c1-4-5-8-10(14)12(3)7(2)6-9(13)11-8/h7-8H,4-6H2,1-3H3,(H,11,13). The first kappa shape index (κ1) is 11.0. The monoisotopic (exact) mass is 198 g/mol. The molecule has 0 aromatic carbocycles. The average molecular weight is 198 g/mol. The zero-order valence-corrected chi connectivity index (χ0v) is 9.04. The Hall–Kier alpha value is -1.06. The second kappa shape index (κ2) is 4.44. The Morgan fingerprint density at radius 1 is 1.50 bits per heavy atom. The van der Waals surface area contributed by atoms with E-state index >= 15 is 0 Å². The van der Waals surface area contributed by atoms with Crippen LogP contribution < -0.4 is 5.32 Å². The van der Waals surface area contributed by atoms with E-state index in [0.29, 0.717) is 6.42 Å². The molecule has 14 heavy (non-hydrogen) atoms. The van der Waals surface area contributed by atoms with Crippen LogP contribution in [0.4, 0.5) is 0 Å². The topological polar surface area (TPSA) is 49.4 Å². The molecule has 1 fully saturated rings. The molecule has 2 unspecified atom stereocenters. The molecule has 0 aromatic heterocycles. The van der Waals surface area contributed by atoms with E-state index in [9.17, 15) is 9.59 Å². The van der Waals surface area contributed by atoms with Crippen molar-refractivity contribution >= 4 is 11.8 Å². The van der Waals surface area contributed by atoms with Gasteiger partial charge in [0.05, 0.1) is 0 Å². The molecular weight excluding hydrogens is 180 g/mol. The molecule has 2 amide bonds. The van der Waals surface area contributed by atoms with E-state index in [0.717, 1.165) is 12.8 Å². The van der Waals surface area contributed by atoms with Crippen LogP contribution in [0.5, 0.6) is 0 Å². The largest absolute Gasteiger partial charge is 0.344 e. The lowest BCUT2D eigenvalue weighted by Gasteiger charge is -2.23. The van der Waals surface area contributed by atoms with Gasteiger partial charge in [0, 0.05) is 19.5 Å². The van der Waals surface area contributed by atoms with Crippen molar-refractivity contribution in [3.8, 4) is 0 Å². The van der Waals surface area contributed by atoms with E-state index < -0.39 is 0 Å². The summed E-state index contributed by atoms with van der Waals surface area (Å²) in [6, 6.07) is -0.313. The number of hydrogen-bond donors (Lipinski definition) is 1. The number of rotatable bonds is 2. The van der Waals surface area contributed by atoms with Crippen molar-refractivity contribution in [2.45, 2.75) is 45.2 Å². The summed E-state index contributed by atoms with van der Waals surface area (Å²) in [5, 5.41) is 2.76. The normalized spacial score (nSPS) is 28.6. The highest BCUT2D eigenvalue weighted by Gasteiger charge is 2.30. The Morgan fingerprint density at radius 2 is 2.14 bits per heavy atom. The van der Waals surface area contributed by atoms with Gasteiger partial charge >= 0.3 is 0 Å². The van der Waals surface area contributed by atoms with Gasteiger partial charge in [0.15, 0.2) is 0 Å². The summed E-state index contributed by atoms with van der Waals surface area (Å²) < 4.78 is 0. The third kappa shape index (κ3) is 2.25. The van der Waals surface area contributed by atoms with Crippen LogP contribution >= 0.6 is 0 Å². The second-order valence-electron chi connectivity index (χ2n) is 3.91. The Labute approximate surface area is 84.7 Å². The minimum absolute atomic E-state index is 0.00403. The third-order valence-corrected chi connectivity index (χ3v) is 2.70. The van der Waals surface area contributed by atoms with E-state index in [-0.39, 0.29) is 23.9 Å². The predicted octanol–water partition coefficient (Wildman–Crippen LogP) is 0.522. The van der Waals surface area contributed by atoms with E-state index in [1.165, 1.54) is 0 Å². The van der Waals surface area contributed by atoms with Crippen molar-refractivity contribution in [1.29, 1.82) is 0 Å². The lowest BCUT2D eigenvalue weighted by Crippen LogP contribution is -2.44. The summed E-state index contributed by atoms with van der Waals surface area (Å²) in [7, 11) is 1.76. The lowest BCUT2D eigenvalue weighted by molar-refractivity contribution is -0.133. The van der Waals surface area contributed by atoms with Crippen molar-refractivity contribution in [2.24, 2.45) is 0 Å². The fourth-order valence-corrected chi connectivity index (χ4v) is 1.67. The summed E-state index contributed by atoms with van der Waals surface area (Å²) in [5.41, 5.74) is 0. The molecule has 4 nitrogen and oxygen atoms in total. The summed E-state index contributed by atoms with van der Waals surface area (Å²) >= 11 is 0. The zero-order chi connectivity index (χ0) is 10.7. The van der Waals surface area contributed by atoms with Crippen LogP contribution in [0.3, 0.4) is 0 Å². The molecule has 4 heteroatoms. The molecule has 0 aliphatic carbocycles. The van der Waals surface area contributed by atoms with Crippen molar-refractivity contribution in [3.63, 3.8) is 0 Å². The minimum atomic E-state index is -0.317. The van der Waals surface area contributed by atoms with Crippen molar-refractivity contribution in [2.75, 3.05) is 7.05 Å². The van der Waals surface area contributed by atoms with Gasteiger partial charge in [-0.15, -0.1) is 0 Å². The van der Waals surface area contributed by atoms with Gasteiger partial charge in [-0.3, -0.25) is 9.59 Å². The van der Waals surface area contributed by atoms with Gasteiger partial charge in [-0.2, -0.15) is 0 Å². The Kier molecular flexibility index (Phi) is 3.49. The molecule has 1 heterocycles. The van der Waals surface area contributed by atoms with Gasteiger partial charge in [0.2, 0.25) is 11.8 Å². The molecule has 80 valence electrons. The van der Waals surface area contributed by atoms with Gasteiger partial charge in [-0.05, 0) is 13.3 Å². The van der Waals surface area contributed by atoms with Gasteiger partial charge in [-0.25, -0.2) is 0 Å². The first-order valence-electron chi connectivity index (χ1n) is 5.12. The van der Waals surface area contributed by atoms with Crippen LogP contribution in [0, 0.1) is 0 Å². The average Bonchev–Trinajstić information content (AvgIpc) is 2.21. The van der Waals surface area contributed by atoms with Gasteiger partial charge in [-0.1, -0.05) is 13.3 Å². The maximum Gasteiger partial charge on any atom is 0.245 e. The number of likely N-dealkylation sites (N-methyl/N-ethyl adjacent to an activating group) is 1. The molecule has 0 bridgehead atoms. The number of hydrogen-bond acceptors (Lipinski definition) is 2. The van der Waals surface area contributed by atoms with E-state index in [1.54, 1.807) is 11.9 Å². The molecule has 0 spiro atoms. The smallest absolute Gasteiger partial charge is 0.245 e. The maximum absolute atomic E-state index is 11.8. The van der Waals surface area contributed by atoms with Crippen molar-refractivity contribution in [1.82, 2.24) is 10.2 Å².